The van der Waals surface area contributed by atoms with Crippen LogP contribution in [0.1, 0.15) is 33.6 Å². The first-order valence-corrected chi connectivity index (χ1v) is 9.61. The molecular formula is C23H20N2O5. The highest BCUT2D eigenvalue weighted by atomic mass is 16.5. The standard InChI is InChI=1S/C23H20N2O5/c1-2-14-24-21(28)17-10-6-7-11-18(17)25-20(27)12-13-23(24,25)22(29)30-15-19(26)16-8-4-3-5-9-16/h2-11H,1,12-15H2/t23-/m0/s1. The van der Waals surface area contributed by atoms with Gasteiger partial charge < -0.3 is 9.64 Å². The van der Waals surface area contributed by atoms with Crippen molar-refractivity contribution in [3.63, 3.8) is 0 Å². The summed E-state index contributed by atoms with van der Waals surface area (Å²) in [6.45, 7) is 3.25. The highest BCUT2D eigenvalue weighted by molar-refractivity contribution is 6.15. The Balaban J connectivity index is 1.70. The molecule has 2 aromatic rings. The summed E-state index contributed by atoms with van der Waals surface area (Å²) >= 11 is 0. The number of hydrogen-bond acceptors (Lipinski definition) is 5. The van der Waals surface area contributed by atoms with Gasteiger partial charge in [-0.05, 0) is 12.1 Å². The number of carbonyl (C=O) groups excluding carboxylic acids is 4. The van der Waals surface area contributed by atoms with Crippen molar-refractivity contribution in [1.82, 2.24) is 4.90 Å². The van der Waals surface area contributed by atoms with Crippen molar-refractivity contribution in [2.45, 2.75) is 18.5 Å². The minimum absolute atomic E-state index is 0.0542. The van der Waals surface area contributed by atoms with Gasteiger partial charge in [-0.3, -0.25) is 19.3 Å². The summed E-state index contributed by atoms with van der Waals surface area (Å²) in [4.78, 5) is 54.3. The molecule has 0 bridgehead atoms. The highest BCUT2D eigenvalue weighted by Gasteiger charge is 2.61. The number of rotatable bonds is 6. The van der Waals surface area contributed by atoms with Gasteiger partial charge >= 0.3 is 5.97 Å². The van der Waals surface area contributed by atoms with E-state index in [9.17, 15) is 19.2 Å². The molecule has 2 amide bonds. The van der Waals surface area contributed by atoms with Crippen LogP contribution < -0.4 is 4.90 Å². The van der Waals surface area contributed by atoms with Gasteiger partial charge in [0.15, 0.2) is 12.4 Å². The lowest BCUT2D eigenvalue weighted by Crippen LogP contribution is -2.68. The largest absolute Gasteiger partial charge is 0.454 e. The Bertz CT molecular complexity index is 1050. The molecule has 7 nitrogen and oxygen atoms in total. The monoisotopic (exact) mass is 404 g/mol. The smallest absolute Gasteiger partial charge is 0.354 e. The SMILES string of the molecule is C=CCN1C(=O)c2ccccc2N2C(=O)CC[C@]12C(=O)OCC(=O)c1ccccc1. The fraction of sp³-hybridized carbons (Fsp3) is 0.217. The van der Waals surface area contributed by atoms with E-state index in [4.69, 9.17) is 4.74 Å². The quantitative estimate of drug-likeness (QED) is 0.420. The topological polar surface area (TPSA) is 84.0 Å². The van der Waals surface area contributed by atoms with E-state index in [0.717, 1.165) is 0 Å². The molecule has 7 heteroatoms. The summed E-state index contributed by atoms with van der Waals surface area (Å²) in [7, 11) is 0. The van der Waals surface area contributed by atoms with Crippen LogP contribution in [-0.4, -0.2) is 47.3 Å². The molecule has 0 radical (unpaired) electrons. The van der Waals surface area contributed by atoms with E-state index in [1.54, 1.807) is 54.6 Å². The molecule has 0 aromatic heterocycles. The number of nitrogens with zero attached hydrogens (tertiary/aromatic N) is 2. The maximum Gasteiger partial charge on any atom is 0.354 e. The van der Waals surface area contributed by atoms with Crippen LogP contribution in [0.5, 0.6) is 0 Å². The molecule has 1 atom stereocenters. The number of carbonyl (C=O) groups is 4. The molecule has 30 heavy (non-hydrogen) atoms. The second kappa shape index (κ2) is 7.59. The number of ether oxygens (including phenoxy) is 1. The van der Waals surface area contributed by atoms with Gasteiger partial charge in [0.25, 0.3) is 5.91 Å². The third kappa shape index (κ3) is 2.90. The van der Waals surface area contributed by atoms with E-state index < -0.39 is 18.2 Å². The van der Waals surface area contributed by atoms with Gasteiger partial charge in [0.2, 0.25) is 11.6 Å². The Kier molecular flexibility index (Phi) is 4.95. The molecule has 0 N–H and O–H groups in total. The number of anilines is 1. The third-order valence-electron chi connectivity index (χ3n) is 5.44. The zero-order valence-corrected chi connectivity index (χ0v) is 16.2. The lowest BCUT2D eigenvalue weighted by molar-refractivity contribution is -0.155. The molecule has 1 fully saturated rings. The number of fused-ring (bicyclic) bond motifs is 3. The van der Waals surface area contributed by atoms with Crippen molar-refractivity contribution in [1.29, 1.82) is 0 Å². The predicted octanol–water partition coefficient (Wildman–Crippen LogP) is 2.58. The van der Waals surface area contributed by atoms with Crippen molar-refractivity contribution in [3.8, 4) is 0 Å². The van der Waals surface area contributed by atoms with Crippen LogP contribution >= 0.6 is 0 Å². The zero-order chi connectivity index (χ0) is 21.3. The maximum atomic E-state index is 13.3. The van der Waals surface area contributed by atoms with Gasteiger partial charge in [-0.1, -0.05) is 48.5 Å². The molecule has 2 heterocycles. The first-order chi connectivity index (χ1) is 14.5. The van der Waals surface area contributed by atoms with Crippen molar-refractivity contribution in [2.75, 3.05) is 18.1 Å². The first-order valence-electron chi connectivity index (χ1n) is 9.61. The van der Waals surface area contributed by atoms with Crippen molar-refractivity contribution in [3.05, 3.63) is 78.4 Å². The molecule has 0 unspecified atom stereocenters. The summed E-state index contributed by atoms with van der Waals surface area (Å²) in [5.74, 6) is -1.84. The lowest BCUT2D eigenvalue weighted by Gasteiger charge is -2.48. The van der Waals surface area contributed by atoms with E-state index in [2.05, 4.69) is 6.58 Å². The van der Waals surface area contributed by atoms with Gasteiger partial charge in [-0.2, -0.15) is 0 Å². The molecule has 2 aromatic carbocycles. The number of benzene rings is 2. The Morgan fingerprint density at radius 1 is 1.07 bits per heavy atom. The first kappa shape index (κ1) is 19.6. The molecule has 0 aliphatic carbocycles. The fourth-order valence-electron chi connectivity index (χ4n) is 4.08. The summed E-state index contributed by atoms with van der Waals surface area (Å²) in [6.07, 6.45) is 1.66. The summed E-state index contributed by atoms with van der Waals surface area (Å²) in [5.41, 5.74) is -0.515. The number of ketones is 1. The van der Waals surface area contributed by atoms with E-state index in [-0.39, 0.29) is 37.0 Å². The average Bonchev–Trinajstić information content (AvgIpc) is 3.13. The Morgan fingerprint density at radius 3 is 2.50 bits per heavy atom. The zero-order valence-electron chi connectivity index (χ0n) is 16.2. The molecule has 0 saturated carbocycles. The van der Waals surface area contributed by atoms with Crippen LogP contribution in [0.15, 0.2) is 67.3 Å². The number of Topliss-reactive ketones (excluding diaryl/α,β-unsaturated/α-hetero) is 1. The number of amides is 2. The van der Waals surface area contributed by atoms with Crippen molar-refractivity contribution in [2.24, 2.45) is 0 Å². The Hall–Kier alpha value is -3.74. The van der Waals surface area contributed by atoms with E-state index >= 15 is 0 Å². The van der Waals surface area contributed by atoms with Crippen LogP contribution in [0.25, 0.3) is 0 Å². The van der Waals surface area contributed by atoms with Crippen LogP contribution in [0, 0.1) is 0 Å². The van der Waals surface area contributed by atoms with Crippen molar-refractivity contribution >= 4 is 29.3 Å². The molecule has 1 saturated heterocycles. The van der Waals surface area contributed by atoms with Crippen molar-refractivity contribution < 1.29 is 23.9 Å². The van der Waals surface area contributed by atoms with E-state index in [0.29, 0.717) is 16.8 Å². The number of hydrogen-bond donors (Lipinski definition) is 0. The fourth-order valence-corrected chi connectivity index (χ4v) is 4.08. The minimum Gasteiger partial charge on any atom is -0.454 e. The third-order valence-corrected chi connectivity index (χ3v) is 5.44. The van der Waals surface area contributed by atoms with Crippen LogP contribution in [0.3, 0.4) is 0 Å². The van der Waals surface area contributed by atoms with E-state index in [1.807, 2.05) is 0 Å². The van der Waals surface area contributed by atoms with Crippen LogP contribution in [0.4, 0.5) is 5.69 Å². The van der Waals surface area contributed by atoms with Gasteiger partial charge in [0, 0.05) is 24.9 Å². The average molecular weight is 404 g/mol. The summed E-state index contributed by atoms with van der Waals surface area (Å²) < 4.78 is 5.38. The summed E-state index contributed by atoms with van der Waals surface area (Å²) in [5, 5.41) is 0. The highest BCUT2D eigenvalue weighted by Crippen LogP contribution is 2.45. The molecule has 4 rings (SSSR count). The summed E-state index contributed by atoms with van der Waals surface area (Å²) in [6, 6.07) is 15.1. The molecule has 152 valence electrons. The molecule has 2 aliphatic rings. The Morgan fingerprint density at radius 2 is 1.77 bits per heavy atom. The molecule has 2 aliphatic heterocycles. The van der Waals surface area contributed by atoms with Crippen LogP contribution in [0.2, 0.25) is 0 Å². The second-order valence-corrected chi connectivity index (χ2v) is 7.13. The van der Waals surface area contributed by atoms with Gasteiger partial charge in [-0.15, -0.1) is 6.58 Å². The van der Waals surface area contributed by atoms with Gasteiger partial charge in [-0.25, -0.2) is 4.79 Å². The second-order valence-electron chi connectivity index (χ2n) is 7.13. The van der Waals surface area contributed by atoms with E-state index in [1.165, 1.54) is 15.9 Å². The lowest BCUT2D eigenvalue weighted by atomic mass is 9.96. The van der Waals surface area contributed by atoms with Gasteiger partial charge in [0.1, 0.15) is 0 Å². The molecular weight excluding hydrogens is 384 g/mol. The van der Waals surface area contributed by atoms with Gasteiger partial charge in [0.05, 0.1) is 11.3 Å². The maximum absolute atomic E-state index is 13.3. The minimum atomic E-state index is -1.63. The molecule has 0 spiro atoms. The number of para-hydroxylation sites is 1. The van der Waals surface area contributed by atoms with Crippen LogP contribution in [-0.2, 0) is 14.3 Å². The number of esters is 1. The normalized spacial score (nSPS) is 19.9. The predicted molar refractivity (Wildman–Crippen MR) is 109 cm³/mol. The Labute approximate surface area is 173 Å².